The van der Waals surface area contributed by atoms with Crippen LogP contribution in [0.2, 0.25) is 10.0 Å². The van der Waals surface area contributed by atoms with Crippen molar-refractivity contribution in [2.75, 3.05) is 6.61 Å². The molecule has 0 aromatic heterocycles. The zero-order valence-electron chi connectivity index (χ0n) is 15.2. The minimum absolute atomic E-state index is 0.0346. The van der Waals surface area contributed by atoms with Crippen LogP contribution in [0.15, 0.2) is 53.4 Å². The zero-order chi connectivity index (χ0) is 20.9. The molecule has 0 heterocycles. The molecule has 0 saturated heterocycles. The van der Waals surface area contributed by atoms with Crippen LogP contribution in [0.3, 0.4) is 0 Å². The summed E-state index contributed by atoms with van der Waals surface area (Å²) in [5.41, 5.74) is 0.333. The molecule has 0 bridgehead atoms. The van der Waals surface area contributed by atoms with E-state index >= 15 is 0 Å². The number of sulfonamides is 1. The van der Waals surface area contributed by atoms with Gasteiger partial charge in [-0.25, -0.2) is 8.42 Å². The molecule has 2 aromatic rings. The summed E-state index contributed by atoms with van der Waals surface area (Å²) in [6.07, 6.45) is 0. The zero-order valence-corrected chi connectivity index (χ0v) is 17.5. The van der Waals surface area contributed by atoms with Gasteiger partial charge in [-0.2, -0.15) is 4.72 Å². The molecule has 0 aliphatic rings. The third-order valence-corrected chi connectivity index (χ3v) is 5.80. The number of carbonyl (C=O) groups is 2. The molecule has 150 valence electrons. The van der Waals surface area contributed by atoms with Crippen LogP contribution in [0, 0.1) is 5.92 Å². The van der Waals surface area contributed by atoms with Crippen LogP contribution in [0.25, 0.3) is 0 Å². The largest absolute Gasteiger partial charge is 0.456 e. The molecule has 0 aliphatic carbocycles. The number of esters is 1. The number of carbonyl (C=O) groups excluding carboxylic acids is 2. The number of hydrogen-bond donors (Lipinski definition) is 1. The molecule has 0 aliphatic heterocycles. The third kappa shape index (κ3) is 6.04. The van der Waals surface area contributed by atoms with Crippen LogP contribution in [0.1, 0.15) is 24.2 Å². The van der Waals surface area contributed by atoms with Gasteiger partial charge in [0.15, 0.2) is 12.4 Å². The van der Waals surface area contributed by atoms with Gasteiger partial charge < -0.3 is 4.74 Å². The lowest BCUT2D eigenvalue weighted by Gasteiger charge is -2.20. The molecule has 28 heavy (non-hydrogen) atoms. The predicted molar refractivity (Wildman–Crippen MR) is 107 cm³/mol. The van der Waals surface area contributed by atoms with Gasteiger partial charge in [0.05, 0.1) is 4.90 Å². The van der Waals surface area contributed by atoms with Crippen LogP contribution in [0.5, 0.6) is 0 Å². The first-order valence-electron chi connectivity index (χ1n) is 8.33. The molecular weight excluding hydrogens is 425 g/mol. The first-order chi connectivity index (χ1) is 13.1. The van der Waals surface area contributed by atoms with Crippen LogP contribution in [0.4, 0.5) is 0 Å². The normalized spacial score (nSPS) is 12.6. The highest BCUT2D eigenvalue weighted by Crippen LogP contribution is 2.16. The average molecular weight is 444 g/mol. The minimum Gasteiger partial charge on any atom is -0.456 e. The number of nitrogens with one attached hydrogen (secondary N) is 1. The predicted octanol–water partition coefficient (Wildman–Crippen LogP) is 3.72. The Bertz CT molecular complexity index is 941. The van der Waals surface area contributed by atoms with Crippen LogP contribution in [-0.2, 0) is 19.6 Å². The van der Waals surface area contributed by atoms with E-state index in [1.165, 1.54) is 36.4 Å². The molecule has 1 unspecified atom stereocenters. The van der Waals surface area contributed by atoms with Gasteiger partial charge >= 0.3 is 5.97 Å². The second-order valence-electron chi connectivity index (χ2n) is 6.33. The van der Waals surface area contributed by atoms with Crippen LogP contribution >= 0.6 is 23.2 Å². The SMILES string of the molecule is CC(C)C(NS(=O)(=O)c1ccc(Cl)cc1)C(=O)OCC(=O)c1ccc(Cl)cc1. The standard InChI is InChI=1S/C19H19Cl2NO5S/c1-12(2)18(22-28(25,26)16-9-7-15(21)8-10-16)19(24)27-11-17(23)13-3-5-14(20)6-4-13/h3-10,12,18,22H,11H2,1-2H3. The summed E-state index contributed by atoms with van der Waals surface area (Å²) in [5.74, 6) is -1.66. The Balaban J connectivity index is 2.06. The lowest BCUT2D eigenvalue weighted by atomic mass is 10.1. The van der Waals surface area contributed by atoms with Crippen molar-refractivity contribution in [3.05, 3.63) is 64.1 Å². The summed E-state index contributed by atoms with van der Waals surface area (Å²) in [7, 11) is -3.97. The fourth-order valence-corrected chi connectivity index (χ4v) is 3.84. The number of rotatable bonds is 8. The lowest BCUT2D eigenvalue weighted by molar-refractivity contribution is -0.145. The van der Waals surface area contributed by atoms with Crippen molar-refractivity contribution >= 4 is 45.0 Å². The van der Waals surface area contributed by atoms with Gasteiger partial charge in [0, 0.05) is 15.6 Å². The van der Waals surface area contributed by atoms with Gasteiger partial charge in [0.2, 0.25) is 10.0 Å². The Hall–Kier alpha value is -1.93. The Morgan fingerprint density at radius 3 is 1.96 bits per heavy atom. The van der Waals surface area contributed by atoms with Gasteiger partial charge in [0.25, 0.3) is 0 Å². The van der Waals surface area contributed by atoms with Crippen molar-refractivity contribution in [3.8, 4) is 0 Å². The average Bonchev–Trinajstić information content (AvgIpc) is 2.64. The van der Waals surface area contributed by atoms with Crippen molar-refractivity contribution in [3.63, 3.8) is 0 Å². The van der Waals surface area contributed by atoms with Crippen molar-refractivity contribution < 1.29 is 22.7 Å². The third-order valence-electron chi connectivity index (χ3n) is 3.84. The highest BCUT2D eigenvalue weighted by molar-refractivity contribution is 7.89. The molecule has 0 fully saturated rings. The number of Topliss-reactive ketones (excluding diaryl/α,β-unsaturated/α-hetero) is 1. The van der Waals surface area contributed by atoms with Crippen LogP contribution in [-0.4, -0.2) is 32.8 Å². The molecule has 0 spiro atoms. The maximum absolute atomic E-state index is 12.5. The molecule has 9 heteroatoms. The molecule has 0 radical (unpaired) electrons. The van der Waals surface area contributed by atoms with Crippen molar-refractivity contribution in [2.24, 2.45) is 5.92 Å². The smallest absolute Gasteiger partial charge is 0.324 e. The Labute approximate surface area is 173 Å². The number of benzene rings is 2. The fraction of sp³-hybridized carbons (Fsp3) is 0.263. The molecule has 6 nitrogen and oxygen atoms in total. The van der Waals surface area contributed by atoms with E-state index in [0.717, 1.165) is 0 Å². The molecule has 0 amide bonds. The van der Waals surface area contributed by atoms with E-state index in [9.17, 15) is 18.0 Å². The molecule has 2 rings (SSSR count). The molecule has 0 saturated carbocycles. The summed E-state index contributed by atoms with van der Waals surface area (Å²) in [6.45, 7) is 2.82. The van der Waals surface area contributed by atoms with Crippen molar-refractivity contribution in [2.45, 2.75) is 24.8 Å². The minimum atomic E-state index is -3.97. The summed E-state index contributed by atoms with van der Waals surface area (Å²) in [4.78, 5) is 24.5. The summed E-state index contributed by atoms with van der Waals surface area (Å²) in [5, 5.41) is 0.865. The van der Waals surface area contributed by atoms with E-state index in [-0.39, 0.29) is 4.90 Å². The van der Waals surface area contributed by atoms with Gasteiger partial charge in [-0.3, -0.25) is 9.59 Å². The highest BCUT2D eigenvalue weighted by atomic mass is 35.5. The first kappa shape index (κ1) is 22.4. The topological polar surface area (TPSA) is 89.5 Å². The van der Waals surface area contributed by atoms with Crippen LogP contribution < -0.4 is 4.72 Å². The second-order valence-corrected chi connectivity index (χ2v) is 8.92. The summed E-state index contributed by atoms with van der Waals surface area (Å²) >= 11 is 11.5. The van der Waals surface area contributed by atoms with Gasteiger partial charge in [-0.05, 0) is 54.4 Å². The van der Waals surface area contributed by atoms with Gasteiger partial charge in [-0.1, -0.05) is 37.0 Å². The monoisotopic (exact) mass is 443 g/mol. The molecular formula is C19H19Cl2NO5S. The molecule has 1 N–H and O–H groups in total. The van der Waals surface area contributed by atoms with E-state index < -0.39 is 40.3 Å². The summed E-state index contributed by atoms with van der Waals surface area (Å²) in [6, 6.07) is 10.5. The Kier molecular flexibility index (Phi) is 7.60. The fourth-order valence-electron chi connectivity index (χ4n) is 2.25. The maximum Gasteiger partial charge on any atom is 0.324 e. The van der Waals surface area contributed by atoms with Crippen molar-refractivity contribution in [1.29, 1.82) is 0 Å². The first-order valence-corrected chi connectivity index (χ1v) is 10.6. The van der Waals surface area contributed by atoms with Crippen molar-refractivity contribution in [1.82, 2.24) is 4.72 Å². The van der Waals surface area contributed by atoms with E-state index in [0.29, 0.717) is 15.6 Å². The number of hydrogen-bond acceptors (Lipinski definition) is 5. The maximum atomic E-state index is 12.5. The van der Waals surface area contributed by atoms with Gasteiger partial charge in [0.1, 0.15) is 6.04 Å². The quantitative estimate of drug-likeness (QED) is 0.495. The molecule has 1 atom stereocenters. The molecule has 2 aromatic carbocycles. The van der Waals surface area contributed by atoms with E-state index in [4.69, 9.17) is 27.9 Å². The number of ether oxygens (including phenoxy) is 1. The van der Waals surface area contributed by atoms with E-state index in [1.54, 1.807) is 26.0 Å². The number of halogens is 2. The summed E-state index contributed by atoms with van der Waals surface area (Å²) < 4.78 is 32.4. The highest BCUT2D eigenvalue weighted by Gasteiger charge is 2.30. The lowest BCUT2D eigenvalue weighted by Crippen LogP contribution is -2.45. The second kappa shape index (κ2) is 9.52. The number of ketones is 1. The van der Waals surface area contributed by atoms with E-state index in [2.05, 4.69) is 4.72 Å². The van der Waals surface area contributed by atoms with Gasteiger partial charge in [-0.15, -0.1) is 0 Å². The van der Waals surface area contributed by atoms with E-state index in [1.807, 2.05) is 0 Å². The Morgan fingerprint density at radius 1 is 0.964 bits per heavy atom. The Morgan fingerprint density at radius 2 is 1.46 bits per heavy atom.